The van der Waals surface area contributed by atoms with E-state index in [2.05, 4.69) is 9.97 Å². The lowest BCUT2D eigenvalue weighted by Gasteiger charge is -2.34. The predicted octanol–water partition coefficient (Wildman–Crippen LogP) is 4.52. The van der Waals surface area contributed by atoms with Crippen LogP contribution in [0, 0.1) is 20.8 Å². The highest BCUT2D eigenvalue weighted by Gasteiger charge is 2.28. The largest absolute Gasteiger partial charge is 0.335 e. The number of piperazine rings is 1. The lowest BCUT2D eigenvalue weighted by molar-refractivity contribution is 0.0538. The number of benzene rings is 1. The zero-order valence-corrected chi connectivity index (χ0v) is 19.2. The fourth-order valence-corrected chi connectivity index (χ4v) is 5.57. The molecule has 0 atom stereocenters. The van der Waals surface area contributed by atoms with E-state index < -0.39 is 0 Å². The number of nitrogens with zero attached hydrogens (tertiary/aromatic N) is 4. The molecule has 2 amide bonds. The van der Waals surface area contributed by atoms with Gasteiger partial charge < -0.3 is 9.80 Å². The third-order valence-corrected chi connectivity index (χ3v) is 6.85. The Morgan fingerprint density at radius 3 is 2.07 bits per heavy atom. The van der Waals surface area contributed by atoms with Crippen molar-refractivity contribution in [2.75, 3.05) is 26.2 Å². The number of hydrogen-bond donors (Lipinski definition) is 0. The molecule has 3 heterocycles. The molecule has 1 aliphatic rings. The number of halogens is 2. The number of amides is 2. The van der Waals surface area contributed by atoms with Gasteiger partial charge in [0.25, 0.3) is 11.8 Å². The van der Waals surface area contributed by atoms with Crippen LogP contribution in [0.25, 0.3) is 10.2 Å². The Balaban J connectivity index is 1.50. The number of carbonyl (C=O) groups is 2. The van der Waals surface area contributed by atoms with E-state index in [9.17, 15) is 9.59 Å². The van der Waals surface area contributed by atoms with E-state index in [0.717, 1.165) is 21.5 Å². The van der Waals surface area contributed by atoms with Gasteiger partial charge in [0.2, 0.25) is 0 Å². The van der Waals surface area contributed by atoms with Crippen molar-refractivity contribution in [1.82, 2.24) is 19.8 Å². The van der Waals surface area contributed by atoms with E-state index in [0.29, 0.717) is 52.5 Å². The van der Waals surface area contributed by atoms with Gasteiger partial charge >= 0.3 is 0 Å². The van der Waals surface area contributed by atoms with Crippen LogP contribution in [0.2, 0.25) is 10.0 Å². The van der Waals surface area contributed by atoms with Gasteiger partial charge in [-0.2, -0.15) is 0 Å². The van der Waals surface area contributed by atoms with E-state index in [1.54, 1.807) is 28.0 Å². The van der Waals surface area contributed by atoms with Crippen LogP contribution < -0.4 is 0 Å². The summed E-state index contributed by atoms with van der Waals surface area (Å²) in [7, 11) is 0. The van der Waals surface area contributed by atoms with Crippen molar-refractivity contribution in [3.8, 4) is 0 Å². The number of carbonyl (C=O) groups excluding carboxylic acids is 2. The van der Waals surface area contributed by atoms with Crippen molar-refractivity contribution in [3.05, 3.63) is 55.8 Å². The average molecular weight is 463 g/mol. The first-order valence-electron chi connectivity index (χ1n) is 9.53. The molecule has 156 valence electrons. The zero-order valence-electron chi connectivity index (χ0n) is 16.8. The summed E-state index contributed by atoms with van der Waals surface area (Å²) in [6.45, 7) is 7.59. The van der Waals surface area contributed by atoms with Gasteiger partial charge in [-0.05, 0) is 44.5 Å². The Morgan fingerprint density at radius 1 is 0.900 bits per heavy atom. The Labute approximate surface area is 188 Å². The Morgan fingerprint density at radius 2 is 1.47 bits per heavy atom. The minimum atomic E-state index is -0.133. The first-order valence-corrected chi connectivity index (χ1v) is 11.1. The van der Waals surface area contributed by atoms with Crippen molar-refractivity contribution in [2.24, 2.45) is 0 Å². The highest BCUT2D eigenvalue weighted by atomic mass is 35.5. The minimum Gasteiger partial charge on any atom is -0.335 e. The molecule has 0 spiro atoms. The average Bonchev–Trinajstić information content (AvgIpc) is 3.02. The number of hydrogen-bond acceptors (Lipinski definition) is 5. The molecule has 9 heteroatoms. The molecule has 1 saturated heterocycles. The highest BCUT2D eigenvalue weighted by Crippen LogP contribution is 2.32. The van der Waals surface area contributed by atoms with Crippen LogP contribution in [0.3, 0.4) is 0 Å². The van der Waals surface area contributed by atoms with Crippen LogP contribution in [0.5, 0.6) is 0 Å². The first kappa shape index (κ1) is 21.0. The lowest BCUT2D eigenvalue weighted by atomic mass is 10.1. The van der Waals surface area contributed by atoms with Crippen molar-refractivity contribution in [3.63, 3.8) is 0 Å². The first-order chi connectivity index (χ1) is 14.2. The standard InChI is InChI=1S/C21H20Cl2N4O2S/c1-11-17-12(2)24-13(3)25-19(17)30-18(11)21(29)27-6-4-26(5-7-27)20(28)14-8-15(22)10-16(23)9-14/h8-10H,4-7H2,1-3H3. The molecule has 3 aromatic rings. The zero-order chi connectivity index (χ0) is 21.6. The number of fused-ring (bicyclic) bond motifs is 1. The van der Waals surface area contributed by atoms with Crippen molar-refractivity contribution < 1.29 is 9.59 Å². The van der Waals surface area contributed by atoms with Gasteiger partial charge in [0.05, 0.1) is 4.88 Å². The third-order valence-electron chi connectivity index (χ3n) is 5.24. The summed E-state index contributed by atoms with van der Waals surface area (Å²) in [6.07, 6.45) is 0. The van der Waals surface area contributed by atoms with Crippen LogP contribution in [0.4, 0.5) is 0 Å². The molecular formula is C21H20Cl2N4O2S. The predicted molar refractivity (Wildman–Crippen MR) is 120 cm³/mol. The summed E-state index contributed by atoms with van der Waals surface area (Å²) >= 11 is 13.4. The van der Waals surface area contributed by atoms with Gasteiger partial charge in [-0.25, -0.2) is 9.97 Å². The van der Waals surface area contributed by atoms with Gasteiger partial charge in [0, 0.05) is 52.9 Å². The number of rotatable bonds is 2. The lowest BCUT2D eigenvalue weighted by Crippen LogP contribution is -2.50. The van der Waals surface area contributed by atoms with Gasteiger partial charge in [-0.15, -0.1) is 11.3 Å². The quantitative estimate of drug-likeness (QED) is 0.561. The van der Waals surface area contributed by atoms with Crippen LogP contribution in [-0.2, 0) is 0 Å². The molecule has 0 unspecified atom stereocenters. The Bertz CT molecular complexity index is 1150. The maximum atomic E-state index is 13.2. The van der Waals surface area contributed by atoms with Crippen molar-refractivity contribution >= 4 is 56.6 Å². The summed E-state index contributed by atoms with van der Waals surface area (Å²) < 4.78 is 0. The topological polar surface area (TPSA) is 66.4 Å². The Hall–Kier alpha value is -2.22. The maximum Gasteiger partial charge on any atom is 0.264 e. The van der Waals surface area contributed by atoms with Crippen molar-refractivity contribution in [1.29, 1.82) is 0 Å². The molecule has 1 fully saturated rings. The van der Waals surface area contributed by atoms with Gasteiger partial charge in [0.1, 0.15) is 10.7 Å². The second-order valence-corrected chi connectivity index (χ2v) is 9.21. The fraction of sp³-hybridized carbons (Fsp3) is 0.333. The SMILES string of the molecule is Cc1nc(C)c2c(C)c(C(=O)N3CCN(C(=O)c4cc(Cl)cc(Cl)c4)CC3)sc2n1. The molecule has 0 radical (unpaired) electrons. The normalized spacial score (nSPS) is 14.4. The summed E-state index contributed by atoms with van der Waals surface area (Å²) in [4.78, 5) is 39.9. The van der Waals surface area contributed by atoms with Crippen molar-refractivity contribution in [2.45, 2.75) is 20.8 Å². The summed E-state index contributed by atoms with van der Waals surface area (Å²) in [5, 5.41) is 1.81. The van der Waals surface area contributed by atoms with Crippen LogP contribution in [0.1, 0.15) is 37.1 Å². The molecule has 0 saturated carbocycles. The highest BCUT2D eigenvalue weighted by molar-refractivity contribution is 7.20. The van der Waals surface area contributed by atoms with Crippen LogP contribution >= 0.6 is 34.5 Å². The summed E-state index contributed by atoms with van der Waals surface area (Å²) in [5.74, 6) is 0.546. The Kier molecular flexibility index (Phi) is 5.70. The van der Waals surface area contributed by atoms with Gasteiger partial charge in [-0.3, -0.25) is 9.59 Å². The second-order valence-electron chi connectivity index (χ2n) is 7.34. The minimum absolute atomic E-state index is 0.0227. The summed E-state index contributed by atoms with van der Waals surface area (Å²) in [5.41, 5.74) is 2.27. The molecule has 2 aromatic heterocycles. The molecule has 0 N–H and O–H groups in total. The second kappa shape index (κ2) is 8.13. The maximum absolute atomic E-state index is 13.2. The monoisotopic (exact) mass is 462 g/mol. The molecular weight excluding hydrogens is 443 g/mol. The summed E-state index contributed by atoms with van der Waals surface area (Å²) in [6, 6.07) is 4.82. The van der Waals surface area contributed by atoms with E-state index in [-0.39, 0.29) is 11.8 Å². The molecule has 1 aliphatic heterocycles. The molecule has 1 aromatic carbocycles. The molecule has 4 rings (SSSR count). The van der Waals surface area contributed by atoms with Crippen LogP contribution in [0.15, 0.2) is 18.2 Å². The van der Waals surface area contributed by atoms with Crippen LogP contribution in [-0.4, -0.2) is 57.8 Å². The van der Waals surface area contributed by atoms with Gasteiger partial charge in [-0.1, -0.05) is 23.2 Å². The van der Waals surface area contributed by atoms with E-state index in [1.165, 1.54) is 11.3 Å². The fourth-order valence-electron chi connectivity index (χ4n) is 3.79. The molecule has 30 heavy (non-hydrogen) atoms. The smallest absolute Gasteiger partial charge is 0.264 e. The van der Waals surface area contributed by atoms with E-state index >= 15 is 0 Å². The van der Waals surface area contributed by atoms with Gasteiger partial charge in [0.15, 0.2) is 0 Å². The number of thiophene rings is 1. The molecule has 6 nitrogen and oxygen atoms in total. The third kappa shape index (κ3) is 3.89. The van der Waals surface area contributed by atoms with E-state index in [4.69, 9.17) is 23.2 Å². The molecule has 0 aliphatic carbocycles. The number of aryl methyl sites for hydroxylation is 3. The van der Waals surface area contributed by atoms with E-state index in [1.807, 2.05) is 20.8 Å². The number of aromatic nitrogens is 2. The molecule has 0 bridgehead atoms.